The van der Waals surface area contributed by atoms with E-state index in [2.05, 4.69) is 6.58 Å². The molecule has 19 heavy (non-hydrogen) atoms. The highest BCUT2D eigenvalue weighted by Crippen LogP contribution is 2.42. The fourth-order valence-corrected chi connectivity index (χ4v) is 3.74. The summed E-state index contributed by atoms with van der Waals surface area (Å²) in [6.07, 6.45) is 3.74. The minimum absolute atomic E-state index is 0.0233. The Morgan fingerprint density at radius 3 is 2.68 bits per heavy atom. The van der Waals surface area contributed by atoms with Crippen molar-refractivity contribution in [2.45, 2.75) is 45.6 Å². The summed E-state index contributed by atoms with van der Waals surface area (Å²) < 4.78 is 0. The zero-order chi connectivity index (χ0) is 14.2. The van der Waals surface area contributed by atoms with Gasteiger partial charge >= 0.3 is 5.97 Å². The zero-order valence-electron chi connectivity index (χ0n) is 11.8. The van der Waals surface area contributed by atoms with Crippen LogP contribution >= 0.6 is 0 Å². The molecule has 0 radical (unpaired) electrons. The Labute approximate surface area is 114 Å². The van der Waals surface area contributed by atoms with Crippen LogP contribution in [0.1, 0.15) is 39.5 Å². The minimum Gasteiger partial charge on any atom is -0.480 e. The lowest BCUT2D eigenvalue weighted by molar-refractivity contribution is -0.151. The largest absolute Gasteiger partial charge is 0.480 e. The van der Waals surface area contributed by atoms with Crippen molar-refractivity contribution in [3.8, 4) is 0 Å². The lowest BCUT2D eigenvalue weighted by atomic mass is 9.94. The van der Waals surface area contributed by atoms with Crippen molar-refractivity contribution in [2.75, 3.05) is 6.54 Å². The molecule has 2 rings (SSSR count). The van der Waals surface area contributed by atoms with E-state index in [-0.39, 0.29) is 17.7 Å². The van der Waals surface area contributed by atoms with Crippen molar-refractivity contribution in [3.63, 3.8) is 0 Å². The summed E-state index contributed by atoms with van der Waals surface area (Å²) in [5.74, 6) is -0.478. The quantitative estimate of drug-likeness (QED) is 0.793. The Morgan fingerprint density at radius 2 is 2.11 bits per heavy atom. The molecule has 0 spiro atoms. The van der Waals surface area contributed by atoms with Gasteiger partial charge in [-0.05, 0) is 38.0 Å². The molecule has 4 nitrogen and oxygen atoms in total. The molecule has 1 saturated heterocycles. The number of carbonyl (C=O) groups excluding carboxylic acids is 1. The molecular weight excluding hydrogens is 242 g/mol. The van der Waals surface area contributed by atoms with Crippen molar-refractivity contribution in [2.24, 2.45) is 17.8 Å². The average Bonchev–Trinajstić information content (AvgIpc) is 2.84. The summed E-state index contributed by atoms with van der Waals surface area (Å²) in [6.45, 7) is 8.22. The third kappa shape index (κ3) is 2.67. The van der Waals surface area contributed by atoms with Crippen LogP contribution in [0.5, 0.6) is 0 Å². The molecule has 0 aromatic rings. The number of carboxylic acid groups (broad SMARTS) is 1. The Bertz CT molecular complexity index is 404. The smallest absolute Gasteiger partial charge is 0.326 e. The number of aliphatic carboxylic acids is 1. The number of amides is 1. The SMILES string of the molecule is C=C(C)C[C@H](C)C(=O)N1C[C@@H]2CCC[C@@H]2[C@@H]1C(=O)O. The van der Waals surface area contributed by atoms with E-state index >= 15 is 0 Å². The topological polar surface area (TPSA) is 57.6 Å². The lowest BCUT2D eigenvalue weighted by Gasteiger charge is -2.27. The highest BCUT2D eigenvalue weighted by molar-refractivity contribution is 5.86. The molecule has 1 amide bonds. The Hall–Kier alpha value is -1.32. The van der Waals surface area contributed by atoms with Gasteiger partial charge in [0, 0.05) is 12.5 Å². The van der Waals surface area contributed by atoms with Gasteiger partial charge in [0.05, 0.1) is 0 Å². The zero-order valence-corrected chi connectivity index (χ0v) is 11.8. The van der Waals surface area contributed by atoms with Crippen LogP contribution in [0.25, 0.3) is 0 Å². The van der Waals surface area contributed by atoms with Crippen LogP contribution in [-0.4, -0.2) is 34.5 Å². The number of fused-ring (bicyclic) bond motifs is 1. The third-order valence-corrected chi connectivity index (χ3v) is 4.50. The molecule has 106 valence electrons. The van der Waals surface area contributed by atoms with Crippen molar-refractivity contribution >= 4 is 11.9 Å². The molecule has 1 heterocycles. The second kappa shape index (κ2) is 5.35. The fraction of sp³-hybridized carbons (Fsp3) is 0.733. The molecule has 1 saturated carbocycles. The maximum absolute atomic E-state index is 12.4. The van der Waals surface area contributed by atoms with Gasteiger partial charge in [-0.2, -0.15) is 0 Å². The number of hydrogen-bond donors (Lipinski definition) is 1. The maximum atomic E-state index is 12.4. The van der Waals surface area contributed by atoms with Crippen LogP contribution in [0.2, 0.25) is 0 Å². The van der Waals surface area contributed by atoms with E-state index in [1.807, 2.05) is 13.8 Å². The van der Waals surface area contributed by atoms with Gasteiger partial charge < -0.3 is 10.0 Å². The predicted molar refractivity (Wildman–Crippen MR) is 72.6 cm³/mol. The molecule has 4 heteroatoms. The van der Waals surface area contributed by atoms with Gasteiger partial charge in [-0.3, -0.25) is 4.79 Å². The van der Waals surface area contributed by atoms with E-state index in [1.54, 1.807) is 4.90 Å². The summed E-state index contributed by atoms with van der Waals surface area (Å²) in [7, 11) is 0. The molecule has 1 N–H and O–H groups in total. The van der Waals surface area contributed by atoms with E-state index in [1.165, 1.54) is 0 Å². The number of carbonyl (C=O) groups is 2. The Morgan fingerprint density at radius 1 is 1.42 bits per heavy atom. The summed E-state index contributed by atoms with van der Waals surface area (Å²) in [5, 5.41) is 9.43. The number of rotatable bonds is 4. The molecule has 0 bridgehead atoms. The normalized spacial score (nSPS) is 31.1. The summed E-state index contributed by atoms with van der Waals surface area (Å²) in [4.78, 5) is 25.6. The van der Waals surface area contributed by atoms with Crippen LogP contribution in [0, 0.1) is 17.8 Å². The first-order valence-corrected chi connectivity index (χ1v) is 7.09. The molecule has 1 aliphatic heterocycles. The maximum Gasteiger partial charge on any atom is 0.326 e. The van der Waals surface area contributed by atoms with Crippen LogP contribution in [0.3, 0.4) is 0 Å². The van der Waals surface area contributed by atoms with Gasteiger partial charge in [0.25, 0.3) is 0 Å². The molecule has 4 atom stereocenters. The Kier molecular flexibility index (Phi) is 3.97. The predicted octanol–water partition coefficient (Wildman–Crippen LogP) is 2.30. The molecule has 0 aromatic carbocycles. The molecule has 1 aliphatic carbocycles. The van der Waals surface area contributed by atoms with Crippen LogP contribution in [0.15, 0.2) is 12.2 Å². The van der Waals surface area contributed by atoms with Crippen LogP contribution < -0.4 is 0 Å². The lowest BCUT2D eigenvalue weighted by Crippen LogP contribution is -2.45. The summed E-state index contributed by atoms with van der Waals surface area (Å²) in [5.41, 5.74) is 0.965. The molecule has 2 aliphatic rings. The summed E-state index contributed by atoms with van der Waals surface area (Å²) >= 11 is 0. The van der Waals surface area contributed by atoms with Crippen LogP contribution in [-0.2, 0) is 9.59 Å². The number of hydrogen-bond acceptors (Lipinski definition) is 2. The molecule has 0 aromatic heterocycles. The second-order valence-electron chi connectivity index (χ2n) is 6.19. The van der Waals surface area contributed by atoms with E-state index in [9.17, 15) is 14.7 Å². The standard InChI is InChI=1S/C15H23NO3/c1-9(2)7-10(3)14(17)16-8-11-5-4-6-12(11)13(16)15(18)19/h10-13H,1,4-8H2,2-3H3,(H,18,19)/t10-,11-,12-,13+/m0/s1. The highest BCUT2D eigenvalue weighted by Gasteiger charge is 2.49. The average molecular weight is 265 g/mol. The first-order chi connectivity index (χ1) is 8.91. The van der Waals surface area contributed by atoms with E-state index in [0.717, 1.165) is 24.8 Å². The highest BCUT2D eigenvalue weighted by atomic mass is 16.4. The van der Waals surface area contributed by atoms with Gasteiger partial charge in [-0.1, -0.05) is 18.9 Å². The minimum atomic E-state index is -0.842. The van der Waals surface area contributed by atoms with E-state index in [4.69, 9.17) is 0 Å². The monoisotopic (exact) mass is 265 g/mol. The molecule has 0 unspecified atom stereocenters. The molecular formula is C15H23NO3. The van der Waals surface area contributed by atoms with Gasteiger partial charge in [0.2, 0.25) is 5.91 Å². The number of nitrogens with zero attached hydrogens (tertiary/aromatic N) is 1. The first kappa shape index (κ1) is 14.1. The van der Waals surface area contributed by atoms with Crippen molar-refractivity contribution in [1.82, 2.24) is 4.90 Å². The van der Waals surface area contributed by atoms with Gasteiger partial charge in [-0.25, -0.2) is 4.79 Å². The third-order valence-electron chi connectivity index (χ3n) is 4.50. The van der Waals surface area contributed by atoms with Gasteiger partial charge in [0.1, 0.15) is 6.04 Å². The fourth-order valence-electron chi connectivity index (χ4n) is 3.74. The number of likely N-dealkylation sites (tertiary alicyclic amines) is 1. The number of carboxylic acids is 1. The van der Waals surface area contributed by atoms with Crippen molar-refractivity contribution < 1.29 is 14.7 Å². The van der Waals surface area contributed by atoms with Gasteiger partial charge in [0.15, 0.2) is 0 Å². The second-order valence-corrected chi connectivity index (χ2v) is 6.19. The van der Waals surface area contributed by atoms with E-state index < -0.39 is 12.0 Å². The van der Waals surface area contributed by atoms with E-state index in [0.29, 0.717) is 18.9 Å². The summed E-state index contributed by atoms with van der Waals surface area (Å²) in [6, 6.07) is -0.604. The first-order valence-electron chi connectivity index (χ1n) is 7.09. The number of allylic oxidation sites excluding steroid dienone is 1. The van der Waals surface area contributed by atoms with Crippen molar-refractivity contribution in [3.05, 3.63) is 12.2 Å². The van der Waals surface area contributed by atoms with Gasteiger partial charge in [-0.15, -0.1) is 6.58 Å². The van der Waals surface area contributed by atoms with Crippen molar-refractivity contribution in [1.29, 1.82) is 0 Å². The van der Waals surface area contributed by atoms with Crippen LogP contribution in [0.4, 0.5) is 0 Å². The Balaban J connectivity index is 2.12. The molecule has 2 fully saturated rings.